The molecule has 8 nitrogen and oxygen atoms in total. The number of rotatable bonds is 6. The Labute approximate surface area is 192 Å². The zero-order valence-electron chi connectivity index (χ0n) is 19.0. The molecule has 0 fully saturated rings. The van der Waals surface area contributed by atoms with E-state index < -0.39 is 10.0 Å². The minimum atomic E-state index is -3.91. The van der Waals surface area contributed by atoms with E-state index in [9.17, 15) is 13.2 Å². The fourth-order valence-electron chi connectivity index (χ4n) is 3.75. The Morgan fingerprint density at radius 3 is 1.94 bits per heavy atom. The molecule has 33 heavy (non-hydrogen) atoms. The molecule has 3 aromatic carbocycles. The van der Waals surface area contributed by atoms with Gasteiger partial charge in [0.2, 0.25) is 0 Å². The molecule has 0 amide bonds. The highest BCUT2D eigenvalue weighted by Crippen LogP contribution is 2.35. The number of methoxy groups -OCH3 is 1. The lowest BCUT2D eigenvalue weighted by Crippen LogP contribution is -2.19. The molecule has 172 valence electrons. The molecule has 4 aromatic rings. The van der Waals surface area contributed by atoms with Crippen molar-refractivity contribution in [1.82, 2.24) is 9.13 Å². The lowest BCUT2D eigenvalue weighted by Gasteiger charge is -2.15. The highest BCUT2D eigenvalue weighted by molar-refractivity contribution is 7.92. The van der Waals surface area contributed by atoms with Gasteiger partial charge in [-0.3, -0.25) is 13.9 Å². The number of nitrogens with one attached hydrogen (secondary N) is 1. The summed E-state index contributed by atoms with van der Waals surface area (Å²) in [6.07, 6.45) is 0. The topological polar surface area (TPSA) is 91.6 Å². The average molecular weight is 468 g/mol. The summed E-state index contributed by atoms with van der Waals surface area (Å²) >= 11 is 0. The molecule has 0 unspecified atom stereocenters. The van der Waals surface area contributed by atoms with Crippen LogP contribution in [0.1, 0.15) is 11.1 Å². The Kier molecular flexibility index (Phi) is 5.67. The first-order valence-electron chi connectivity index (χ1n) is 10.2. The second-order valence-corrected chi connectivity index (χ2v) is 9.63. The second-order valence-electron chi connectivity index (χ2n) is 7.94. The number of sulfonamides is 1. The summed E-state index contributed by atoms with van der Waals surface area (Å²) < 4.78 is 43.3. The summed E-state index contributed by atoms with van der Waals surface area (Å²) in [4.78, 5) is 12.6. The van der Waals surface area contributed by atoms with Gasteiger partial charge in [0, 0.05) is 20.2 Å². The summed E-state index contributed by atoms with van der Waals surface area (Å²) in [5.74, 6) is 1.42. The monoisotopic (exact) mass is 467 g/mol. The normalized spacial score (nSPS) is 11.5. The van der Waals surface area contributed by atoms with Crippen molar-refractivity contribution >= 4 is 26.7 Å². The van der Waals surface area contributed by atoms with Gasteiger partial charge in [-0.15, -0.1) is 0 Å². The maximum atomic E-state index is 13.2. The third kappa shape index (κ3) is 4.31. The summed E-state index contributed by atoms with van der Waals surface area (Å²) in [5.41, 5.74) is 2.86. The quantitative estimate of drug-likeness (QED) is 0.461. The van der Waals surface area contributed by atoms with Crippen LogP contribution in [0.4, 0.5) is 5.69 Å². The van der Waals surface area contributed by atoms with E-state index in [1.165, 1.54) is 9.13 Å². The number of aryl methyl sites for hydroxylation is 4. The average Bonchev–Trinajstić information content (AvgIpc) is 2.97. The zero-order chi connectivity index (χ0) is 23.9. The Hall–Kier alpha value is -3.72. The number of aromatic nitrogens is 2. The zero-order valence-corrected chi connectivity index (χ0v) is 19.9. The summed E-state index contributed by atoms with van der Waals surface area (Å²) in [5, 5.41) is 0. The van der Waals surface area contributed by atoms with Crippen LogP contribution in [0, 0.1) is 13.8 Å². The van der Waals surface area contributed by atoms with Crippen molar-refractivity contribution in [3.05, 3.63) is 76.2 Å². The molecule has 0 aliphatic carbocycles. The van der Waals surface area contributed by atoms with Crippen LogP contribution in [0.5, 0.6) is 17.2 Å². The van der Waals surface area contributed by atoms with E-state index in [4.69, 9.17) is 9.47 Å². The van der Waals surface area contributed by atoms with E-state index in [0.717, 1.165) is 11.1 Å². The minimum Gasteiger partial charge on any atom is -0.497 e. The van der Waals surface area contributed by atoms with Gasteiger partial charge in [0.1, 0.15) is 11.5 Å². The van der Waals surface area contributed by atoms with Gasteiger partial charge in [0.15, 0.2) is 5.75 Å². The van der Waals surface area contributed by atoms with Crippen molar-refractivity contribution in [3.63, 3.8) is 0 Å². The second kappa shape index (κ2) is 8.32. The number of imidazole rings is 1. The number of nitrogens with zero attached hydrogens (tertiary/aromatic N) is 2. The largest absolute Gasteiger partial charge is 0.497 e. The molecule has 0 aliphatic rings. The summed E-state index contributed by atoms with van der Waals surface area (Å²) in [7, 11) is 0.946. The third-order valence-corrected chi connectivity index (χ3v) is 6.76. The van der Waals surface area contributed by atoms with Gasteiger partial charge in [-0.25, -0.2) is 13.2 Å². The van der Waals surface area contributed by atoms with E-state index in [1.54, 1.807) is 69.7 Å². The molecular weight excluding hydrogens is 442 g/mol. The molecular formula is C24H25N3O5S. The fraction of sp³-hybridized carbons (Fsp3) is 0.208. The van der Waals surface area contributed by atoms with Crippen molar-refractivity contribution in [2.24, 2.45) is 14.1 Å². The molecule has 0 saturated carbocycles. The van der Waals surface area contributed by atoms with Crippen LogP contribution < -0.4 is 19.9 Å². The third-order valence-electron chi connectivity index (χ3n) is 5.41. The minimum absolute atomic E-state index is 0.150. The smallest absolute Gasteiger partial charge is 0.328 e. The Bertz CT molecular complexity index is 1500. The van der Waals surface area contributed by atoms with E-state index in [1.807, 2.05) is 19.9 Å². The maximum absolute atomic E-state index is 13.2. The molecule has 0 spiro atoms. The standard InChI is InChI=1S/C24H25N3O5S/c1-15-10-16(2)12-19(11-15)33(29,30)25-20-13-21-22(27(4)24(28)26(21)3)14-23(20)32-18-8-6-17(31-5)7-9-18/h6-14,25H,1-5H3. The van der Waals surface area contributed by atoms with E-state index in [-0.39, 0.29) is 22.0 Å². The lowest BCUT2D eigenvalue weighted by molar-refractivity contribution is 0.413. The first-order chi connectivity index (χ1) is 15.6. The van der Waals surface area contributed by atoms with E-state index in [0.29, 0.717) is 22.5 Å². The number of ether oxygens (including phenoxy) is 2. The van der Waals surface area contributed by atoms with Crippen molar-refractivity contribution in [1.29, 1.82) is 0 Å². The van der Waals surface area contributed by atoms with Crippen LogP contribution >= 0.6 is 0 Å². The Morgan fingerprint density at radius 2 is 1.36 bits per heavy atom. The SMILES string of the molecule is COc1ccc(Oc2cc3c(cc2NS(=O)(=O)c2cc(C)cc(C)c2)n(C)c(=O)n3C)cc1. The highest BCUT2D eigenvalue weighted by atomic mass is 32.2. The number of hydrogen-bond acceptors (Lipinski definition) is 5. The van der Waals surface area contributed by atoms with Crippen LogP contribution in [-0.4, -0.2) is 24.7 Å². The van der Waals surface area contributed by atoms with Gasteiger partial charge < -0.3 is 9.47 Å². The molecule has 4 rings (SSSR count). The van der Waals surface area contributed by atoms with Crippen molar-refractivity contribution in [2.45, 2.75) is 18.7 Å². The van der Waals surface area contributed by atoms with Gasteiger partial charge >= 0.3 is 5.69 Å². The molecule has 1 heterocycles. The van der Waals surface area contributed by atoms with Crippen molar-refractivity contribution in [3.8, 4) is 17.2 Å². The predicted molar refractivity (Wildman–Crippen MR) is 128 cm³/mol. The molecule has 0 radical (unpaired) electrons. The van der Waals surface area contributed by atoms with E-state index in [2.05, 4.69) is 4.72 Å². The number of anilines is 1. The molecule has 1 N–H and O–H groups in total. The van der Waals surface area contributed by atoms with Gasteiger partial charge in [-0.2, -0.15) is 0 Å². The first kappa shape index (κ1) is 22.5. The van der Waals surface area contributed by atoms with Crippen LogP contribution in [-0.2, 0) is 24.1 Å². The van der Waals surface area contributed by atoms with Gasteiger partial charge in [-0.1, -0.05) is 6.07 Å². The van der Waals surface area contributed by atoms with Crippen LogP contribution in [0.15, 0.2) is 64.3 Å². The summed E-state index contributed by atoms with van der Waals surface area (Å²) in [6, 6.07) is 15.3. The summed E-state index contributed by atoms with van der Waals surface area (Å²) in [6.45, 7) is 3.69. The molecule has 9 heteroatoms. The van der Waals surface area contributed by atoms with Gasteiger partial charge in [-0.05, 0) is 67.4 Å². The van der Waals surface area contributed by atoms with Crippen LogP contribution in [0.25, 0.3) is 11.0 Å². The van der Waals surface area contributed by atoms with Crippen molar-refractivity contribution in [2.75, 3.05) is 11.8 Å². The molecule has 0 saturated heterocycles. The number of benzene rings is 3. The van der Waals surface area contributed by atoms with Gasteiger partial charge in [0.25, 0.3) is 10.0 Å². The maximum Gasteiger partial charge on any atom is 0.328 e. The molecule has 0 aliphatic heterocycles. The molecule has 0 atom stereocenters. The van der Waals surface area contributed by atoms with Crippen LogP contribution in [0.2, 0.25) is 0 Å². The Balaban J connectivity index is 1.84. The highest BCUT2D eigenvalue weighted by Gasteiger charge is 2.21. The predicted octanol–water partition coefficient (Wildman–Crippen LogP) is 4.10. The first-order valence-corrected chi connectivity index (χ1v) is 11.7. The van der Waals surface area contributed by atoms with Crippen molar-refractivity contribution < 1.29 is 17.9 Å². The number of hydrogen-bond donors (Lipinski definition) is 1. The lowest BCUT2D eigenvalue weighted by atomic mass is 10.2. The van der Waals surface area contributed by atoms with E-state index >= 15 is 0 Å². The molecule has 1 aromatic heterocycles. The number of fused-ring (bicyclic) bond motifs is 1. The van der Waals surface area contributed by atoms with Crippen LogP contribution in [0.3, 0.4) is 0 Å². The van der Waals surface area contributed by atoms with Gasteiger partial charge in [0.05, 0.1) is 28.7 Å². The molecule has 0 bridgehead atoms. The fourth-order valence-corrected chi connectivity index (χ4v) is 5.00. The Morgan fingerprint density at radius 1 is 0.818 bits per heavy atom.